The van der Waals surface area contributed by atoms with Gasteiger partial charge in [-0.3, -0.25) is 4.79 Å². The number of amides is 1. The summed E-state index contributed by atoms with van der Waals surface area (Å²) in [6.07, 6.45) is 1.43. The van der Waals surface area contributed by atoms with E-state index in [0.717, 1.165) is 24.2 Å². The van der Waals surface area contributed by atoms with E-state index in [9.17, 15) is 13.2 Å². The van der Waals surface area contributed by atoms with Gasteiger partial charge in [-0.15, -0.1) is 0 Å². The Morgan fingerprint density at radius 2 is 2.10 bits per heavy atom. The molecule has 0 saturated carbocycles. The van der Waals surface area contributed by atoms with Crippen LogP contribution in [0.2, 0.25) is 0 Å². The number of fused-ring (bicyclic) bond motifs is 1. The van der Waals surface area contributed by atoms with Crippen LogP contribution < -0.4 is 14.9 Å². The van der Waals surface area contributed by atoms with Crippen LogP contribution in [0.25, 0.3) is 0 Å². The Hall–Kier alpha value is -1.44. The standard InChI is InChI=1S/C14H21N3O3S/c1-11(18)17-9-6-12-10-13(4-5-14(12)17)21(19,20)16-8-3-7-15-2/h4-5,10,15-16H,3,6-9H2,1-2H3. The van der Waals surface area contributed by atoms with E-state index in [0.29, 0.717) is 19.5 Å². The van der Waals surface area contributed by atoms with Gasteiger partial charge >= 0.3 is 0 Å². The molecule has 1 aliphatic heterocycles. The second kappa shape index (κ2) is 6.55. The highest BCUT2D eigenvalue weighted by Crippen LogP contribution is 2.30. The lowest BCUT2D eigenvalue weighted by atomic mass is 10.2. The highest BCUT2D eigenvalue weighted by molar-refractivity contribution is 7.89. The maximum Gasteiger partial charge on any atom is 0.240 e. The molecule has 7 heteroatoms. The first-order valence-corrected chi connectivity index (χ1v) is 8.49. The van der Waals surface area contributed by atoms with E-state index in [2.05, 4.69) is 10.0 Å². The fourth-order valence-corrected chi connectivity index (χ4v) is 3.55. The Labute approximate surface area is 125 Å². The van der Waals surface area contributed by atoms with Gasteiger partial charge in [0.15, 0.2) is 0 Å². The van der Waals surface area contributed by atoms with E-state index < -0.39 is 10.0 Å². The minimum atomic E-state index is -3.48. The molecule has 1 amide bonds. The maximum absolute atomic E-state index is 12.2. The molecule has 1 aromatic rings. The molecule has 6 nitrogen and oxygen atoms in total. The van der Waals surface area contributed by atoms with E-state index in [-0.39, 0.29) is 10.8 Å². The lowest BCUT2D eigenvalue weighted by Crippen LogP contribution is -2.27. The molecular weight excluding hydrogens is 290 g/mol. The number of benzene rings is 1. The minimum Gasteiger partial charge on any atom is -0.320 e. The van der Waals surface area contributed by atoms with E-state index in [4.69, 9.17) is 0 Å². The lowest BCUT2D eigenvalue weighted by molar-refractivity contribution is -0.116. The summed E-state index contributed by atoms with van der Waals surface area (Å²) in [5.74, 6) is -0.0189. The summed E-state index contributed by atoms with van der Waals surface area (Å²) in [4.78, 5) is 13.4. The number of rotatable bonds is 6. The molecule has 1 heterocycles. The number of nitrogens with one attached hydrogen (secondary N) is 2. The van der Waals surface area contributed by atoms with Crippen LogP contribution >= 0.6 is 0 Å². The summed E-state index contributed by atoms with van der Waals surface area (Å²) in [5, 5.41) is 2.97. The predicted molar refractivity (Wildman–Crippen MR) is 81.9 cm³/mol. The molecule has 0 spiro atoms. The van der Waals surface area contributed by atoms with Crippen molar-refractivity contribution in [3.8, 4) is 0 Å². The van der Waals surface area contributed by atoms with Gasteiger partial charge in [0, 0.05) is 25.7 Å². The molecule has 2 N–H and O–H groups in total. The molecule has 0 atom stereocenters. The monoisotopic (exact) mass is 311 g/mol. The number of anilines is 1. The van der Waals surface area contributed by atoms with Gasteiger partial charge in [0.1, 0.15) is 0 Å². The largest absolute Gasteiger partial charge is 0.320 e. The summed E-state index contributed by atoms with van der Waals surface area (Å²) in [6.45, 7) is 3.30. The third-order valence-corrected chi connectivity index (χ3v) is 4.99. The molecule has 0 aliphatic carbocycles. The molecule has 1 aliphatic rings. The van der Waals surface area contributed by atoms with Crippen LogP contribution in [0.15, 0.2) is 23.1 Å². The second-order valence-electron chi connectivity index (χ2n) is 5.07. The van der Waals surface area contributed by atoms with Gasteiger partial charge in [0.05, 0.1) is 4.90 Å². The van der Waals surface area contributed by atoms with Crippen LogP contribution in [-0.2, 0) is 21.2 Å². The minimum absolute atomic E-state index is 0.0189. The third-order valence-electron chi connectivity index (χ3n) is 3.53. The van der Waals surface area contributed by atoms with Gasteiger partial charge in [-0.25, -0.2) is 13.1 Å². The fraction of sp³-hybridized carbons (Fsp3) is 0.500. The van der Waals surface area contributed by atoms with Crippen molar-refractivity contribution >= 4 is 21.6 Å². The second-order valence-corrected chi connectivity index (χ2v) is 6.83. The van der Waals surface area contributed by atoms with Gasteiger partial charge in [-0.2, -0.15) is 0 Å². The predicted octanol–water partition coefficient (Wildman–Crippen LogP) is 0.483. The fourth-order valence-electron chi connectivity index (χ4n) is 2.43. The number of hydrogen-bond donors (Lipinski definition) is 2. The van der Waals surface area contributed by atoms with Crippen molar-refractivity contribution in [3.05, 3.63) is 23.8 Å². The molecule has 116 valence electrons. The molecule has 1 aromatic carbocycles. The van der Waals surface area contributed by atoms with Gasteiger partial charge in [-0.1, -0.05) is 0 Å². The van der Waals surface area contributed by atoms with E-state index in [1.165, 1.54) is 6.92 Å². The van der Waals surface area contributed by atoms with Gasteiger partial charge < -0.3 is 10.2 Å². The number of hydrogen-bond acceptors (Lipinski definition) is 4. The molecule has 0 radical (unpaired) electrons. The molecular formula is C14H21N3O3S. The summed E-state index contributed by atoms with van der Waals surface area (Å²) >= 11 is 0. The van der Waals surface area contributed by atoms with E-state index in [1.54, 1.807) is 23.1 Å². The summed E-state index contributed by atoms with van der Waals surface area (Å²) < 4.78 is 27.0. The molecule has 21 heavy (non-hydrogen) atoms. The number of nitrogens with zero attached hydrogens (tertiary/aromatic N) is 1. The van der Waals surface area contributed by atoms with Crippen LogP contribution in [0.4, 0.5) is 5.69 Å². The van der Waals surface area contributed by atoms with Crippen molar-refractivity contribution in [3.63, 3.8) is 0 Å². The molecule has 0 bridgehead atoms. The molecule has 0 saturated heterocycles. The van der Waals surface area contributed by atoms with Crippen LogP contribution in [0.1, 0.15) is 18.9 Å². The van der Waals surface area contributed by atoms with Crippen LogP contribution in [-0.4, -0.2) is 41.0 Å². The van der Waals surface area contributed by atoms with Crippen molar-refractivity contribution in [2.24, 2.45) is 0 Å². The zero-order chi connectivity index (χ0) is 15.5. The highest BCUT2D eigenvalue weighted by atomic mass is 32.2. The van der Waals surface area contributed by atoms with Crippen LogP contribution in [0.3, 0.4) is 0 Å². The Kier molecular flexibility index (Phi) is 4.97. The SMILES string of the molecule is CNCCCNS(=O)(=O)c1ccc2c(c1)CCN2C(C)=O. The topological polar surface area (TPSA) is 78.5 Å². The summed E-state index contributed by atoms with van der Waals surface area (Å²) in [6, 6.07) is 4.94. The van der Waals surface area contributed by atoms with Crippen LogP contribution in [0.5, 0.6) is 0 Å². The number of carbonyl (C=O) groups is 1. The third kappa shape index (κ3) is 3.61. The Morgan fingerprint density at radius 1 is 1.33 bits per heavy atom. The molecule has 2 rings (SSSR count). The van der Waals surface area contributed by atoms with E-state index >= 15 is 0 Å². The summed E-state index contributed by atoms with van der Waals surface area (Å²) in [7, 11) is -1.65. The van der Waals surface area contributed by atoms with Crippen molar-refractivity contribution in [2.45, 2.75) is 24.7 Å². The van der Waals surface area contributed by atoms with Crippen molar-refractivity contribution < 1.29 is 13.2 Å². The first-order chi connectivity index (χ1) is 9.95. The Morgan fingerprint density at radius 3 is 2.76 bits per heavy atom. The summed E-state index contributed by atoms with van der Waals surface area (Å²) in [5.41, 5.74) is 1.72. The van der Waals surface area contributed by atoms with Gasteiger partial charge in [0.2, 0.25) is 15.9 Å². The van der Waals surface area contributed by atoms with Crippen molar-refractivity contribution in [2.75, 3.05) is 31.6 Å². The number of carbonyl (C=O) groups excluding carboxylic acids is 1. The Bertz CT molecular complexity index is 628. The van der Waals surface area contributed by atoms with E-state index in [1.807, 2.05) is 7.05 Å². The van der Waals surface area contributed by atoms with Gasteiger partial charge in [0.25, 0.3) is 0 Å². The normalized spacial score (nSPS) is 14.3. The zero-order valence-corrected chi connectivity index (χ0v) is 13.2. The Balaban J connectivity index is 2.13. The quantitative estimate of drug-likeness (QED) is 0.749. The zero-order valence-electron chi connectivity index (χ0n) is 12.3. The van der Waals surface area contributed by atoms with Crippen molar-refractivity contribution in [1.82, 2.24) is 10.0 Å². The van der Waals surface area contributed by atoms with Crippen molar-refractivity contribution in [1.29, 1.82) is 0 Å². The van der Waals surface area contributed by atoms with Crippen LogP contribution in [0, 0.1) is 0 Å². The first kappa shape index (κ1) is 15.9. The molecule has 0 fully saturated rings. The van der Waals surface area contributed by atoms with Gasteiger partial charge in [-0.05, 0) is 50.2 Å². The smallest absolute Gasteiger partial charge is 0.240 e. The molecule has 0 aromatic heterocycles. The highest BCUT2D eigenvalue weighted by Gasteiger charge is 2.24. The average Bonchev–Trinajstić information content (AvgIpc) is 2.86. The maximum atomic E-state index is 12.2. The number of sulfonamides is 1. The first-order valence-electron chi connectivity index (χ1n) is 7.01. The molecule has 0 unspecified atom stereocenters. The lowest BCUT2D eigenvalue weighted by Gasteiger charge is -2.15. The average molecular weight is 311 g/mol.